The Labute approximate surface area is 155 Å². The van der Waals surface area contributed by atoms with Gasteiger partial charge in [0.1, 0.15) is 0 Å². The molecule has 2 aromatic rings. The minimum Gasteiger partial charge on any atom is -0.333 e. The van der Waals surface area contributed by atoms with Crippen LogP contribution >= 0.6 is 0 Å². The summed E-state index contributed by atoms with van der Waals surface area (Å²) in [6.45, 7) is 6.18. The number of imidazole rings is 1. The molecule has 0 spiro atoms. The number of aromatic nitrogens is 2. The van der Waals surface area contributed by atoms with Crippen LogP contribution in [0.4, 0.5) is 0 Å². The van der Waals surface area contributed by atoms with Crippen molar-refractivity contribution in [3.8, 4) is 0 Å². The van der Waals surface area contributed by atoms with E-state index in [9.17, 15) is 4.79 Å². The predicted octanol–water partition coefficient (Wildman–Crippen LogP) is 1.37. The minimum atomic E-state index is 0.0737. The third kappa shape index (κ3) is 3.39. The topological polar surface area (TPSA) is 44.6 Å². The van der Waals surface area contributed by atoms with Crippen LogP contribution in [-0.2, 0) is 26.6 Å². The van der Waals surface area contributed by atoms with E-state index in [0.717, 1.165) is 57.9 Å². The van der Waals surface area contributed by atoms with E-state index in [1.165, 1.54) is 11.3 Å². The normalized spacial score (nSPS) is 18.8. The average molecular weight is 353 g/mol. The van der Waals surface area contributed by atoms with Crippen molar-refractivity contribution >= 4 is 5.91 Å². The summed E-state index contributed by atoms with van der Waals surface area (Å²) in [5.74, 6) is 0.672. The Kier molecular flexibility index (Phi) is 4.78. The molecular weight excluding hydrogens is 326 g/mol. The minimum absolute atomic E-state index is 0.0737. The van der Waals surface area contributed by atoms with Gasteiger partial charge in [-0.05, 0) is 12.6 Å². The number of amides is 1. The first kappa shape index (κ1) is 17.2. The van der Waals surface area contributed by atoms with Gasteiger partial charge in [0.25, 0.3) is 5.91 Å². The van der Waals surface area contributed by atoms with Gasteiger partial charge in [-0.25, -0.2) is 4.98 Å². The number of hydrogen-bond donors (Lipinski definition) is 0. The van der Waals surface area contributed by atoms with E-state index < -0.39 is 0 Å². The van der Waals surface area contributed by atoms with Crippen molar-refractivity contribution in [2.75, 3.05) is 39.8 Å². The molecule has 1 fully saturated rings. The first-order valence-electron chi connectivity index (χ1n) is 9.40. The standard InChI is InChI=1S/C20H27N5O/c1-22-10-12-25(13-11-22)20(26)19-21-17-15-24(9-8-18(17)23(19)2)14-16-6-4-3-5-7-16/h3-7H,8-15H2,1-2H3. The molecule has 1 aromatic carbocycles. The van der Waals surface area contributed by atoms with Crippen molar-refractivity contribution < 1.29 is 4.79 Å². The zero-order valence-corrected chi connectivity index (χ0v) is 15.7. The Balaban J connectivity index is 1.48. The molecule has 2 aliphatic heterocycles. The average Bonchev–Trinajstić information content (AvgIpc) is 2.99. The Morgan fingerprint density at radius 2 is 1.77 bits per heavy atom. The molecule has 0 N–H and O–H groups in total. The van der Waals surface area contributed by atoms with E-state index in [0.29, 0.717) is 5.82 Å². The van der Waals surface area contributed by atoms with Crippen LogP contribution < -0.4 is 0 Å². The number of benzene rings is 1. The molecule has 0 unspecified atom stereocenters. The summed E-state index contributed by atoms with van der Waals surface area (Å²) in [5, 5.41) is 0. The van der Waals surface area contributed by atoms with Crippen LogP contribution in [-0.4, -0.2) is 69.9 Å². The third-order valence-electron chi connectivity index (χ3n) is 5.57. The maximum absolute atomic E-state index is 12.9. The summed E-state index contributed by atoms with van der Waals surface area (Å²) in [4.78, 5) is 24.3. The quantitative estimate of drug-likeness (QED) is 0.836. The van der Waals surface area contributed by atoms with Crippen LogP contribution in [0, 0.1) is 0 Å². The second kappa shape index (κ2) is 7.21. The lowest BCUT2D eigenvalue weighted by atomic mass is 10.1. The molecule has 6 heteroatoms. The van der Waals surface area contributed by atoms with Crippen molar-refractivity contribution in [1.29, 1.82) is 0 Å². The Bertz CT molecular complexity index is 777. The number of hydrogen-bond acceptors (Lipinski definition) is 4. The lowest BCUT2D eigenvalue weighted by Gasteiger charge is -2.32. The number of rotatable bonds is 3. The predicted molar refractivity (Wildman–Crippen MR) is 101 cm³/mol. The fourth-order valence-corrected chi connectivity index (χ4v) is 3.90. The van der Waals surface area contributed by atoms with Gasteiger partial charge in [-0.3, -0.25) is 9.69 Å². The van der Waals surface area contributed by atoms with E-state index >= 15 is 0 Å². The molecule has 3 heterocycles. The number of likely N-dealkylation sites (N-methyl/N-ethyl adjacent to an activating group) is 1. The summed E-state index contributed by atoms with van der Waals surface area (Å²) in [6, 6.07) is 10.5. The highest BCUT2D eigenvalue weighted by molar-refractivity contribution is 5.91. The second-order valence-electron chi connectivity index (χ2n) is 7.43. The molecule has 0 bridgehead atoms. The zero-order chi connectivity index (χ0) is 18.1. The maximum Gasteiger partial charge on any atom is 0.289 e. The first-order valence-corrected chi connectivity index (χ1v) is 9.40. The molecule has 1 saturated heterocycles. The van der Waals surface area contributed by atoms with E-state index in [1.807, 2.05) is 22.6 Å². The van der Waals surface area contributed by atoms with Crippen LogP contribution in [0.2, 0.25) is 0 Å². The molecule has 0 atom stereocenters. The maximum atomic E-state index is 12.9. The van der Waals surface area contributed by atoms with Gasteiger partial charge in [0.05, 0.1) is 5.69 Å². The summed E-state index contributed by atoms with van der Waals surface area (Å²) in [6.07, 6.45) is 0.946. The van der Waals surface area contributed by atoms with Crippen LogP contribution in [0.5, 0.6) is 0 Å². The van der Waals surface area contributed by atoms with Gasteiger partial charge in [-0.1, -0.05) is 30.3 Å². The highest BCUT2D eigenvalue weighted by atomic mass is 16.2. The van der Waals surface area contributed by atoms with E-state index in [1.54, 1.807) is 0 Å². The molecule has 0 saturated carbocycles. The number of fused-ring (bicyclic) bond motifs is 1. The third-order valence-corrected chi connectivity index (χ3v) is 5.57. The van der Waals surface area contributed by atoms with Crippen LogP contribution in [0.25, 0.3) is 0 Å². The highest BCUT2D eigenvalue weighted by Crippen LogP contribution is 2.22. The molecule has 6 nitrogen and oxygen atoms in total. The molecule has 1 amide bonds. The second-order valence-corrected chi connectivity index (χ2v) is 7.43. The fourth-order valence-electron chi connectivity index (χ4n) is 3.90. The Morgan fingerprint density at radius 3 is 2.50 bits per heavy atom. The van der Waals surface area contributed by atoms with E-state index in [4.69, 9.17) is 4.98 Å². The van der Waals surface area contributed by atoms with Gasteiger partial charge in [0.15, 0.2) is 5.82 Å². The SMILES string of the molecule is CN1CCN(C(=O)c2nc3c(n2C)CCN(Cc2ccccc2)C3)CC1. The molecule has 4 rings (SSSR count). The van der Waals surface area contributed by atoms with Gasteiger partial charge < -0.3 is 14.4 Å². The number of carbonyl (C=O) groups excluding carboxylic acids is 1. The van der Waals surface area contributed by atoms with Gasteiger partial charge >= 0.3 is 0 Å². The molecule has 26 heavy (non-hydrogen) atoms. The molecule has 0 aliphatic carbocycles. The lowest BCUT2D eigenvalue weighted by Crippen LogP contribution is -2.47. The lowest BCUT2D eigenvalue weighted by molar-refractivity contribution is 0.0648. The van der Waals surface area contributed by atoms with E-state index in [-0.39, 0.29) is 5.91 Å². The molecule has 0 radical (unpaired) electrons. The van der Waals surface area contributed by atoms with Crippen LogP contribution in [0.1, 0.15) is 27.6 Å². The monoisotopic (exact) mass is 353 g/mol. The Morgan fingerprint density at radius 1 is 1.04 bits per heavy atom. The summed E-state index contributed by atoms with van der Waals surface area (Å²) >= 11 is 0. The number of carbonyl (C=O) groups is 1. The number of piperazine rings is 1. The Hall–Kier alpha value is -2.18. The van der Waals surface area contributed by atoms with Crippen molar-refractivity contribution in [3.63, 3.8) is 0 Å². The van der Waals surface area contributed by atoms with Crippen LogP contribution in [0.15, 0.2) is 30.3 Å². The summed E-state index contributed by atoms with van der Waals surface area (Å²) < 4.78 is 2.02. The van der Waals surface area contributed by atoms with Crippen molar-refractivity contribution in [2.45, 2.75) is 19.5 Å². The largest absolute Gasteiger partial charge is 0.333 e. The summed E-state index contributed by atoms with van der Waals surface area (Å²) in [5.41, 5.74) is 3.60. The van der Waals surface area contributed by atoms with Crippen molar-refractivity contribution in [2.24, 2.45) is 7.05 Å². The van der Waals surface area contributed by atoms with Crippen molar-refractivity contribution in [1.82, 2.24) is 24.3 Å². The van der Waals surface area contributed by atoms with E-state index in [2.05, 4.69) is 41.1 Å². The van der Waals surface area contributed by atoms with Gasteiger partial charge in [-0.15, -0.1) is 0 Å². The first-order chi connectivity index (χ1) is 12.6. The van der Waals surface area contributed by atoms with Crippen molar-refractivity contribution in [3.05, 3.63) is 53.1 Å². The van der Waals surface area contributed by atoms with Gasteiger partial charge in [-0.2, -0.15) is 0 Å². The zero-order valence-electron chi connectivity index (χ0n) is 15.7. The van der Waals surface area contributed by atoms with Gasteiger partial charge in [0.2, 0.25) is 0 Å². The van der Waals surface area contributed by atoms with Crippen LogP contribution in [0.3, 0.4) is 0 Å². The fraction of sp³-hybridized carbons (Fsp3) is 0.500. The number of nitrogens with zero attached hydrogens (tertiary/aromatic N) is 5. The molecule has 2 aliphatic rings. The smallest absolute Gasteiger partial charge is 0.289 e. The molecular formula is C20H27N5O. The highest BCUT2D eigenvalue weighted by Gasteiger charge is 2.28. The van der Waals surface area contributed by atoms with Gasteiger partial charge in [0, 0.05) is 65.0 Å². The molecule has 138 valence electrons. The molecule has 1 aromatic heterocycles. The summed E-state index contributed by atoms with van der Waals surface area (Å²) in [7, 11) is 4.09.